The molecular formula is C12H10BrClN2O. The molecule has 0 saturated carbocycles. The lowest BCUT2D eigenvalue weighted by molar-refractivity contribution is 0.739. The summed E-state index contributed by atoms with van der Waals surface area (Å²) in [5, 5.41) is 0.587. The molecule has 88 valence electrons. The summed E-state index contributed by atoms with van der Waals surface area (Å²) < 4.78 is 2.37. The Bertz CT molecular complexity index is 636. The van der Waals surface area contributed by atoms with Crippen LogP contribution >= 0.6 is 27.5 Å². The van der Waals surface area contributed by atoms with E-state index in [9.17, 15) is 4.79 Å². The zero-order chi connectivity index (χ0) is 12.4. The van der Waals surface area contributed by atoms with Gasteiger partial charge in [-0.3, -0.25) is 9.36 Å². The van der Waals surface area contributed by atoms with E-state index in [4.69, 9.17) is 11.6 Å². The molecule has 0 atom stereocenters. The highest BCUT2D eigenvalue weighted by atomic mass is 79.9. The van der Waals surface area contributed by atoms with Crippen LogP contribution in [-0.2, 0) is 6.54 Å². The summed E-state index contributed by atoms with van der Waals surface area (Å²) >= 11 is 9.00. The molecule has 0 fully saturated rings. The van der Waals surface area contributed by atoms with E-state index in [0.29, 0.717) is 23.3 Å². The smallest absolute Gasteiger partial charge is 0.261 e. The number of alkyl halides is 1. The number of halogens is 2. The van der Waals surface area contributed by atoms with Crippen molar-refractivity contribution < 1.29 is 0 Å². The Balaban J connectivity index is 2.57. The highest BCUT2D eigenvalue weighted by Gasteiger charge is 2.05. The van der Waals surface area contributed by atoms with Gasteiger partial charge in [-0.15, -0.1) is 11.6 Å². The second-order valence-electron chi connectivity index (χ2n) is 3.72. The van der Waals surface area contributed by atoms with Crippen molar-refractivity contribution in [2.24, 2.45) is 0 Å². The van der Waals surface area contributed by atoms with Crippen LogP contribution < -0.4 is 5.56 Å². The molecular weight excluding hydrogens is 304 g/mol. The molecule has 1 aromatic heterocycles. The number of nitrogens with zero attached hydrogens (tertiary/aromatic N) is 2. The lowest BCUT2D eigenvalue weighted by Crippen LogP contribution is -2.21. The third kappa shape index (κ3) is 2.58. The van der Waals surface area contributed by atoms with Crippen molar-refractivity contribution in [1.29, 1.82) is 0 Å². The third-order valence-corrected chi connectivity index (χ3v) is 3.24. The first kappa shape index (κ1) is 12.3. The van der Waals surface area contributed by atoms with Gasteiger partial charge >= 0.3 is 0 Å². The van der Waals surface area contributed by atoms with Gasteiger partial charge < -0.3 is 0 Å². The molecule has 5 heteroatoms. The van der Waals surface area contributed by atoms with E-state index in [1.54, 1.807) is 6.07 Å². The summed E-state index contributed by atoms with van der Waals surface area (Å²) in [4.78, 5) is 16.4. The maximum absolute atomic E-state index is 12.2. The lowest BCUT2D eigenvalue weighted by Gasteiger charge is -2.07. The van der Waals surface area contributed by atoms with Gasteiger partial charge in [0.2, 0.25) is 0 Å². The first-order chi connectivity index (χ1) is 8.11. The van der Waals surface area contributed by atoms with Gasteiger partial charge in [-0.25, -0.2) is 4.98 Å². The molecule has 17 heavy (non-hydrogen) atoms. The molecule has 0 bridgehead atoms. The molecule has 0 aliphatic carbocycles. The summed E-state index contributed by atoms with van der Waals surface area (Å²) in [7, 11) is 0. The van der Waals surface area contributed by atoms with Crippen LogP contribution in [0.3, 0.4) is 0 Å². The van der Waals surface area contributed by atoms with Crippen LogP contribution in [0.25, 0.3) is 10.9 Å². The van der Waals surface area contributed by atoms with E-state index in [1.807, 2.05) is 12.1 Å². The monoisotopic (exact) mass is 312 g/mol. The molecule has 1 aromatic carbocycles. The third-order valence-electron chi connectivity index (χ3n) is 2.37. The highest BCUT2D eigenvalue weighted by Crippen LogP contribution is 2.14. The quantitative estimate of drug-likeness (QED) is 0.645. The minimum Gasteiger partial charge on any atom is -0.295 e. The second-order valence-corrected chi connectivity index (χ2v) is 4.91. The minimum absolute atomic E-state index is 0.0810. The first-order valence-corrected chi connectivity index (χ1v) is 6.32. The summed E-state index contributed by atoms with van der Waals surface area (Å²) in [6, 6.07) is 5.43. The van der Waals surface area contributed by atoms with E-state index in [0.717, 1.165) is 10.0 Å². The van der Waals surface area contributed by atoms with Gasteiger partial charge in [-0.05, 0) is 23.8 Å². The zero-order valence-electron chi connectivity index (χ0n) is 8.99. The number of hydrogen-bond acceptors (Lipinski definition) is 2. The molecule has 2 rings (SSSR count). The number of hydrogen-bond donors (Lipinski definition) is 0. The number of rotatable bonds is 3. The maximum Gasteiger partial charge on any atom is 0.261 e. The summed E-state index contributed by atoms with van der Waals surface area (Å²) in [5.41, 5.74) is 1.39. The molecule has 0 aliphatic heterocycles. The van der Waals surface area contributed by atoms with E-state index in [1.165, 1.54) is 10.9 Å². The lowest BCUT2D eigenvalue weighted by atomic mass is 10.2. The Labute approximate surface area is 112 Å². The second kappa shape index (κ2) is 5.02. The fourth-order valence-corrected chi connectivity index (χ4v) is 1.97. The summed E-state index contributed by atoms with van der Waals surface area (Å²) in [6.07, 6.45) is 1.52. The zero-order valence-corrected chi connectivity index (χ0v) is 11.3. The standard InChI is InChI=1S/C12H10BrClN2O/c1-8(5-14)6-16-7-15-11-3-2-9(13)4-10(11)12(16)17/h2-4,7H,1,5-6H2. The maximum atomic E-state index is 12.2. The van der Waals surface area contributed by atoms with Gasteiger partial charge in [-0.1, -0.05) is 22.5 Å². The Morgan fingerprint density at radius 1 is 1.53 bits per heavy atom. The number of benzene rings is 1. The highest BCUT2D eigenvalue weighted by molar-refractivity contribution is 9.10. The topological polar surface area (TPSA) is 34.9 Å². The van der Waals surface area contributed by atoms with Crippen molar-refractivity contribution in [1.82, 2.24) is 9.55 Å². The van der Waals surface area contributed by atoms with Gasteiger partial charge in [0.1, 0.15) is 0 Å². The average molecular weight is 314 g/mol. The molecule has 0 amide bonds. The average Bonchev–Trinajstić information content (AvgIpc) is 2.33. The van der Waals surface area contributed by atoms with Crippen molar-refractivity contribution in [3.63, 3.8) is 0 Å². The number of allylic oxidation sites excluding steroid dienone is 1. The van der Waals surface area contributed by atoms with Gasteiger partial charge in [0.05, 0.1) is 17.2 Å². The van der Waals surface area contributed by atoms with Crippen LogP contribution in [0.15, 0.2) is 45.9 Å². The van der Waals surface area contributed by atoms with Crippen molar-refractivity contribution in [3.8, 4) is 0 Å². The van der Waals surface area contributed by atoms with E-state index < -0.39 is 0 Å². The molecule has 0 saturated heterocycles. The molecule has 0 radical (unpaired) electrons. The SMILES string of the molecule is C=C(CCl)Cn1cnc2ccc(Br)cc2c1=O. The molecule has 0 aliphatic rings. The molecule has 0 spiro atoms. The minimum atomic E-state index is -0.0810. The fraction of sp³-hybridized carbons (Fsp3) is 0.167. The number of fused-ring (bicyclic) bond motifs is 1. The van der Waals surface area contributed by atoms with Crippen LogP contribution in [0, 0.1) is 0 Å². The first-order valence-electron chi connectivity index (χ1n) is 4.99. The van der Waals surface area contributed by atoms with Crippen molar-refractivity contribution in [2.45, 2.75) is 6.54 Å². The predicted molar refractivity (Wildman–Crippen MR) is 73.6 cm³/mol. The molecule has 0 unspecified atom stereocenters. The number of aromatic nitrogens is 2. The largest absolute Gasteiger partial charge is 0.295 e. The molecule has 2 aromatic rings. The molecule has 0 N–H and O–H groups in total. The van der Waals surface area contributed by atoms with Crippen molar-refractivity contribution in [3.05, 3.63) is 51.5 Å². The molecule has 3 nitrogen and oxygen atoms in total. The van der Waals surface area contributed by atoms with Gasteiger partial charge in [0.25, 0.3) is 5.56 Å². The van der Waals surface area contributed by atoms with E-state index >= 15 is 0 Å². The fourth-order valence-electron chi connectivity index (χ4n) is 1.53. The summed E-state index contributed by atoms with van der Waals surface area (Å²) in [5.74, 6) is 0.336. The summed E-state index contributed by atoms with van der Waals surface area (Å²) in [6.45, 7) is 4.18. The predicted octanol–water partition coefficient (Wildman–Crippen LogP) is 2.95. The Hall–Kier alpha value is -1.13. The Kier molecular flexibility index (Phi) is 3.64. The van der Waals surface area contributed by atoms with Crippen LogP contribution in [0.1, 0.15) is 0 Å². The Morgan fingerprint density at radius 2 is 2.29 bits per heavy atom. The van der Waals surface area contributed by atoms with Crippen molar-refractivity contribution >= 4 is 38.4 Å². The van der Waals surface area contributed by atoms with E-state index in [2.05, 4.69) is 27.5 Å². The van der Waals surface area contributed by atoms with Gasteiger partial charge in [0.15, 0.2) is 0 Å². The van der Waals surface area contributed by atoms with Crippen LogP contribution in [-0.4, -0.2) is 15.4 Å². The van der Waals surface area contributed by atoms with Gasteiger partial charge in [0, 0.05) is 16.9 Å². The van der Waals surface area contributed by atoms with Crippen molar-refractivity contribution in [2.75, 3.05) is 5.88 Å². The molecule has 1 heterocycles. The van der Waals surface area contributed by atoms with E-state index in [-0.39, 0.29) is 5.56 Å². The van der Waals surface area contributed by atoms with Crippen LogP contribution in [0.5, 0.6) is 0 Å². The van der Waals surface area contributed by atoms with Gasteiger partial charge in [-0.2, -0.15) is 0 Å². The van der Waals surface area contributed by atoms with Crippen LogP contribution in [0.2, 0.25) is 0 Å². The Morgan fingerprint density at radius 3 is 3.00 bits per heavy atom. The van der Waals surface area contributed by atoms with Crippen LogP contribution in [0.4, 0.5) is 0 Å². The normalized spacial score (nSPS) is 10.7.